The molecule has 0 saturated carbocycles. The zero-order valence-electron chi connectivity index (χ0n) is 12.3. The molecule has 0 aliphatic rings. The number of methoxy groups -OCH3 is 1. The van der Waals surface area contributed by atoms with Crippen LogP contribution in [0.4, 0.5) is 11.6 Å². The van der Waals surface area contributed by atoms with Gasteiger partial charge in [-0.1, -0.05) is 0 Å². The van der Waals surface area contributed by atoms with Crippen LogP contribution in [0.15, 0.2) is 12.1 Å². The third-order valence-corrected chi connectivity index (χ3v) is 3.26. The number of aryl methyl sites for hydroxylation is 3. The predicted molar refractivity (Wildman–Crippen MR) is 79.3 cm³/mol. The van der Waals surface area contributed by atoms with E-state index in [4.69, 9.17) is 10.5 Å². The summed E-state index contributed by atoms with van der Waals surface area (Å²) in [5, 5.41) is 11.3. The summed E-state index contributed by atoms with van der Waals surface area (Å²) in [4.78, 5) is 18.8. The lowest BCUT2D eigenvalue weighted by atomic mass is 10.00. The van der Waals surface area contributed by atoms with E-state index >= 15 is 0 Å². The largest absolute Gasteiger partial charge is 0.496 e. The highest BCUT2D eigenvalue weighted by molar-refractivity contribution is 5.75. The summed E-state index contributed by atoms with van der Waals surface area (Å²) in [5.41, 5.74) is 8.32. The highest BCUT2D eigenvalue weighted by Gasteiger charge is 2.24. The average Bonchev–Trinajstić information content (AvgIpc) is 2.39. The molecular formula is C14H16N4O3. The van der Waals surface area contributed by atoms with Crippen molar-refractivity contribution in [1.82, 2.24) is 9.97 Å². The van der Waals surface area contributed by atoms with Crippen molar-refractivity contribution in [2.45, 2.75) is 20.8 Å². The van der Waals surface area contributed by atoms with Crippen LogP contribution >= 0.6 is 0 Å². The number of nitrogens with two attached hydrogens (primary N) is 1. The number of ether oxygens (including phenoxy) is 1. The van der Waals surface area contributed by atoms with Crippen LogP contribution in [-0.2, 0) is 0 Å². The van der Waals surface area contributed by atoms with Gasteiger partial charge in [-0.25, -0.2) is 9.97 Å². The van der Waals surface area contributed by atoms with Gasteiger partial charge >= 0.3 is 5.69 Å². The van der Waals surface area contributed by atoms with Crippen LogP contribution in [0, 0.1) is 30.9 Å². The van der Waals surface area contributed by atoms with Crippen molar-refractivity contribution in [2.75, 3.05) is 12.8 Å². The summed E-state index contributed by atoms with van der Waals surface area (Å²) >= 11 is 0. The third kappa shape index (κ3) is 2.62. The highest BCUT2D eigenvalue weighted by atomic mass is 16.6. The van der Waals surface area contributed by atoms with Crippen molar-refractivity contribution < 1.29 is 9.66 Å². The molecule has 0 saturated heterocycles. The van der Waals surface area contributed by atoms with E-state index in [1.165, 1.54) is 0 Å². The molecule has 2 rings (SSSR count). The van der Waals surface area contributed by atoms with Gasteiger partial charge in [-0.15, -0.1) is 0 Å². The van der Waals surface area contributed by atoms with E-state index in [0.29, 0.717) is 5.56 Å². The van der Waals surface area contributed by atoms with Crippen molar-refractivity contribution >= 4 is 11.6 Å². The molecule has 0 atom stereocenters. The zero-order valence-corrected chi connectivity index (χ0v) is 12.3. The maximum absolute atomic E-state index is 11.3. The SMILES string of the molecule is COc1cc(C)c(-c2nc(N)nc(C)c2[N+](=O)[O-])cc1C. The molecule has 0 radical (unpaired) electrons. The second-order valence-corrected chi connectivity index (χ2v) is 4.76. The smallest absolute Gasteiger partial charge is 0.316 e. The molecule has 2 N–H and O–H groups in total. The number of anilines is 1. The number of nitrogens with zero attached hydrogens (tertiary/aromatic N) is 3. The normalized spacial score (nSPS) is 10.5. The zero-order chi connectivity index (χ0) is 15.7. The Bertz CT molecular complexity index is 729. The fourth-order valence-electron chi connectivity index (χ4n) is 2.26. The fourth-order valence-corrected chi connectivity index (χ4v) is 2.26. The molecule has 0 amide bonds. The van der Waals surface area contributed by atoms with Gasteiger partial charge < -0.3 is 10.5 Å². The van der Waals surface area contributed by atoms with Gasteiger partial charge in [0.1, 0.15) is 11.4 Å². The van der Waals surface area contributed by atoms with Crippen LogP contribution in [0.1, 0.15) is 16.8 Å². The standard InChI is InChI=1S/C14H16N4O3/c1-7-6-11(21-4)8(2)5-10(7)12-13(18(19)20)9(3)16-14(15)17-12/h5-6H,1-4H3,(H2,15,16,17). The Kier molecular flexibility index (Phi) is 3.75. The Balaban J connectivity index is 2.78. The maximum atomic E-state index is 11.3. The van der Waals surface area contributed by atoms with Crippen LogP contribution in [-0.4, -0.2) is 22.0 Å². The van der Waals surface area contributed by atoms with Crippen molar-refractivity contribution in [1.29, 1.82) is 0 Å². The lowest BCUT2D eigenvalue weighted by Crippen LogP contribution is -2.05. The number of nitrogen functional groups attached to an aromatic ring is 1. The third-order valence-electron chi connectivity index (χ3n) is 3.26. The first-order chi connectivity index (χ1) is 9.85. The molecule has 0 unspecified atom stereocenters. The van der Waals surface area contributed by atoms with Crippen molar-refractivity contribution in [3.63, 3.8) is 0 Å². The van der Waals surface area contributed by atoms with E-state index in [1.54, 1.807) is 14.0 Å². The van der Waals surface area contributed by atoms with Crippen LogP contribution < -0.4 is 10.5 Å². The molecule has 0 spiro atoms. The minimum atomic E-state index is -0.483. The van der Waals surface area contributed by atoms with Crippen molar-refractivity contribution in [3.8, 4) is 17.0 Å². The highest BCUT2D eigenvalue weighted by Crippen LogP contribution is 2.35. The quantitative estimate of drug-likeness (QED) is 0.687. The number of hydrogen-bond donors (Lipinski definition) is 1. The van der Waals surface area contributed by atoms with Gasteiger partial charge in [-0.05, 0) is 44.0 Å². The van der Waals surface area contributed by atoms with E-state index in [0.717, 1.165) is 16.9 Å². The van der Waals surface area contributed by atoms with Crippen LogP contribution in [0.5, 0.6) is 5.75 Å². The van der Waals surface area contributed by atoms with Crippen LogP contribution in [0.3, 0.4) is 0 Å². The van der Waals surface area contributed by atoms with Gasteiger partial charge in [-0.2, -0.15) is 0 Å². The number of hydrogen-bond acceptors (Lipinski definition) is 6. The molecule has 1 aromatic carbocycles. The van der Waals surface area contributed by atoms with Crippen molar-refractivity contribution in [3.05, 3.63) is 39.1 Å². The second kappa shape index (κ2) is 5.35. The summed E-state index contributed by atoms with van der Waals surface area (Å²) in [6, 6.07) is 3.63. The first kappa shape index (κ1) is 14.7. The van der Waals surface area contributed by atoms with Gasteiger partial charge in [0.2, 0.25) is 5.95 Å². The van der Waals surface area contributed by atoms with Gasteiger partial charge in [0, 0.05) is 5.56 Å². The number of benzene rings is 1. The van der Waals surface area contributed by atoms with E-state index < -0.39 is 4.92 Å². The summed E-state index contributed by atoms with van der Waals surface area (Å²) in [5.74, 6) is 0.735. The number of aromatic nitrogens is 2. The molecule has 2 aromatic rings. The number of nitro groups is 1. The van der Waals surface area contributed by atoms with E-state index in [9.17, 15) is 10.1 Å². The predicted octanol–water partition coefficient (Wildman–Crippen LogP) is 2.57. The maximum Gasteiger partial charge on any atom is 0.316 e. The molecule has 1 aromatic heterocycles. The Morgan fingerprint density at radius 1 is 1.19 bits per heavy atom. The monoisotopic (exact) mass is 288 g/mol. The molecule has 0 aliphatic heterocycles. The average molecular weight is 288 g/mol. The van der Waals surface area contributed by atoms with Gasteiger partial charge in [0.25, 0.3) is 0 Å². The van der Waals surface area contributed by atoms with E-state index in [-0.39, 0.29) is 23.0 Å². The Hall–Kier alpha value is -2.70. The summed E-state index contributed by atoms with van der Waals surface area (Å²) in [7, 11) is 1.58. The molecule has 1 heterocycles. The minimum Gasteiger partial charge on any atom is -0.496 e. The van der Waals surface area contributed by atoms with E-state index in [1.807, 2.05) is 26.0 Å². The first-order valence-corrected chi connectivity index (χ1v) is 6.29. The molecule has 7 nitrogen and oxygen atoms in total. The number of rotatable bonds is 3. The molecule has 110 valence electrons. The Morgan fingerprint density at radius 3 is 2.43 bits per heavy atom. The molecule has 21 heavy (non-hydrogen) atoms. The van der Waals surface area contributed by atoms with Crippen LogP contribution in [0.2, 0.25) is 0 Å². The van der Waals surface area contributed by atoms with Crippen LogP contribution in [0.25, 0.3) is 11.3 Å². The summed E-state index contributed by atoms with van der Waals surface area (Å²) in [6.45, 7) is 5.26. The topological polar surface area (TPSA) is 104 Å². The molecule has 7 heteroatoms. The summed E-state index contributed by atoms with van der Waals surface area (Å²) in [6.07, 6.45) is 0. The summed E-state index contributed by atoms with van der Waals surface area (Å²) < 4.78 is 5.25. The lowest BCUT2D eigenvalue weighted by Gasteiger charge is -2.12. The van der Waals surface area contributed by atoms with Gasteiger partial charge in [0.05, 0.1) is 12.0 Å². The molecule has 0 fully saturated rings. The molecule has 0 bridgehead atoms. The fraction of sp³-hybridized carbons (Fsp3) is 0.286. The van der Waals surface area contributed by atoms with Crippen molar-refractivity contribution in [2.24, 2.45) is 0 Å². The molecule has 0 aliphatic carbocycles. The Labute approximate surface area is 121 Å². The molecular weight excluding hydrogens is 272 g/mol. The lowest BCUT2D eigenvalue weighted by molar-refractivity contribution is -0.385. The van der Waals surface area contributed by atoms with Gasteiger partial charge in [0.15, 0.2) is 5.69 Å². The van der Waals surface area contributed by atoms with Gasteiger partial charge in [-0.3, -0.25) is 10.1 Å². The second-order valence-electron chi connectivity index (χ2n) is 4.76. The first-order valence-electron chi connectivity index (χ1n) is 6.29. The minimum absolute atomic E-state index is 0.0148. The van der Waals surface area contributed by atoms with E-state index in [2.05, 4.69) is 9.97 Å². The Morgan fingerprint density at radius 2 is 1.86 bits per heavy atom.